The molecule has 0 saturated carbocycles. The maximum atomic E-state index is 13.0. The van der Waals surface area contributed by atoms with Crippen LogP contribution in [-0.2, 0) is 9.84 Å². The fourth-order valence-electron chi connectivity index (χ4n) is 3.52. The van der Waals surface area contributed by atoms with Crippen molar-refractivity contribution in [1.82, 2.24) is 9.88 Å². The Balaban J connectivity index is 1.46. The summed E-state index contributed by atoms with van der Waals surface area (Å²) in [6.07, 6.45) is 2.06. The van der Waals surface area contributed by atoms with Gasteiger partial charge in [0, 0.05) is 36.6 Å². The normalized spacial score (nSPS) is 15.1. The van der Waals surface area contributed by atoms with Crippen LogP contribution in [0, 0.1) is 0 Å². The second kappa shape index (κ2) is 8.80. The summed E-state index contributed by atoms with van der Waals surface area (Å²) < 4.78 is 26.1. The highest BCUT2D eigenvalue weighted by atomic mass is 32.2. The molecule has 2 aromatic carbocycles. The van der Waals surface area contributed by atoms with Gasteiger partial charge in [0.25, 0.3) is 5.91 Å². The molecule has 3 aromatic rings. The molecular weight excluding hydrogens is 450 g/mol. The molecule has 1 aliphatic heterocycles. The average Bonchev–Trinajstić information content (AvgIpc) is 3.22. The summed E-state index contributed by atoms with van der Waals surface area (Å²) in [7, 11) is -3.41. The van der Waals surface area contributed by atoms with E-state index in [0.717, 1.165) is 10.6 Å². The van der Waals surface area contributed by atoms with Gasteiger partial charge in [-0.2, -0.15) is 0 Å². The fraction of sp³-hybridized carbons (Fsp3) is 0.364. The van der Waals surface area contributed by atoms with E-state index in [4.69, 9.17) is 4.98 Å². The molecule has 0 spiro atoms. The highest BCUT2D eigenvalue weighted by Crippen LogP contribution is 2.32. The van der Waals surface area contributed by atoms with Gasteiger partial charge in [0.15, 0.2) is 15.0 Å². The molecule has 4 rings (SSSR count). The van der Waals surface area contributed by atoms with Crippen molar-refractivity contribution in [2.24, 2.45) is 0 Å². The van der Waals surface area contributed by atoms with Gasteiger partial charge in [0.05, 0.1) is 20.4 Å². The number of hydrogen-bond acceptors (Lipinski definition) is 7. The maximum absolute atomic E-state index is 13.0. The second-order valence-electron chi connectivity index (χ2n) is 7.73. The highest BCUT2D eigenvalue weighted by molar-refractivity contribution is 7.98. The summed E-state index contributed by atoms with van der Waals surface area (Å²) >= 11 is 3.40. The van der Waals surface area contributed by atoms with E-state index in [0.29, 0.717) is 31.7 Å². The van der Waals surface area contributed by atoms with Crippen molar-refractivity contribution in [2.45, 2.75) is 28.9 Å². The van der Waals surface area contributed by atoms with Gasteiger partial charge < -0.3 is 9.80 Å². The zero-order valence-electron chi connectivity index (χ0n) is 17.7. The first-order valence-corrected chi connectivity index (χ1v) is 13.7. The minimum atomic E-state index is -3.41. The van der Waals surface area contributed by atoms with Gasteiger partial charge >= 0.3 is 0 Å². The number of amides is 1. The molecule has 6 nitrogen and oxygen atoms in total. The Hall–Kier alpha value is -2.10. The number of carbonyl (C=O) groups excluding carboxylic acids is 1. The molecular formula is C22H25N3O3S3. The van der Waals surface area contributed by atoms with E-state index >= 15 is 0 Å². The van der Waals surface area contributed by atoms with Crippen LogP contribution in [0.25, 0.3) is 10.2 Å². The molecule has 0 bridgehead atoms. The second-order valence-corrected chi connectivity index (χ2v) is 12.1. The van der Waals surface area contributed by atoms with Gasteiger partial charge in [-0.25, -0.2) is 13.4 Å². The third kappa shape index (κ3) is 4.44. The van der Waals surface area contributed by atoms with Crippen LogP contribution in [0.3, 0.4) is 0 Å². The lowest BCUT2D eigenvalue weighted by atomic mass is 10.2. The van der Waals surface area contributed by atoms with Crippen molar-refractivity contribution >= 4 is 54.2 Å². The molecule has 9 heteroatoms. The third-order valence-corrected chi connectivity index (χ3v) is 9.41. The monoisotopic (exact) mass is 475 g/mol. The van der Waals surface area contributed by atoms with E-state index in [1.165, 1.54) is 15.7 Å². The third-order valence-electron chi connectivity index (χ3n) is 5.45. The molecule has 0 unspecified atom stereocenters. The van der Waals surface area contributed by atoms with E-state index in [1.807, 2.05) is 0 Å². The summed E-state index contributed by atoms with van der Waals surface area (Å²) in [5.41, 5.74) is 1.42. The van der Waals surface area contributed by atoms with Crippen LogP contribution in [0.1, 0.15) is 24.2 Å². The Morgan fingerprint density at radius 2 is 1.84 bits per heavy atom. The molecule has 0 aliphatic carbocycles. The number of anilines is 1. The number of piperazine rings is 1. The molecule has 1 aromatic heterocycles. The summed E-state index contributed by atoms with van der Waals surface area (Å²) in [6.45, 7) is 5.84. The Kier molecular flexibility index (Phi) is 6.27. The van der Waals surface area contributed by atoms with Crippen LogP contribution in [-0.4, -0.2) is 61.9 Å². The summed E-state index contributed by atoms with van der Waals surface area (Å²) in [5, 5.41) is 0.451. The van der Waals surface area contributed by atoms with Crippen LogP contribution in [0.2, 0.25) is 0 Å². The van der Waals surface area contributed by atoms with E-state index in [1.54, 1.807) is 60.0 Å². The Labute approximate surface area is 191 Å². The first kappa shape index (κ1) is 22.1. The lowest BCUT2D eigenvalue weighted by Gasteiger charge is -2.34. The number of sulfone groups is 1. The predicted octanol–water partition coefficient (Wildman–Crippen LogP) is 4.16. The number of carbonyl (C=O) groups is 1. The quantitative estimate of drug-likeness (QED) is 0.516. The van der Waals surface area contributed by atoms with Gasteiger partial charge in [0.2, 0.25) is 0 Å². The van der Waals surface area contributed by atoms with Crippen LogP contribution in [0.5, 0.6) is 0 Å². The van der Waals surface area contributed by atoms with Crippen molar-refractivity contribution in [2.75, 3.05) is 37.3 Å². The van der Waals surface area contributed by atoms with Gasteiger partial charge in [0.1, 0.15) is 0 Å². The Morgan fingerprint density at radius 3 is 2.52 bits per heavy atom. The van der Waals surface area contributed by atoms with Crippen LogP contribution in [0.15, 0.2) is 52.3 Å². The van der Waals surface area contributed by atoms with Crippen molar-refractivity contribution < 1.29 is 13.2 Å². The minimum absolute atomic E-state index is 0.130. The van der Waals surface area contributed by atoms with Gasteiger partial charge in [-0.3, -0.25) is 4.79 Å². The Morgan fingerprint density at radius 1 is 1.10 bits per heavy atom. The standard InChI is InChI=1S/C22H25N3O3S3/c1-15(2)31(27,28)18-6-4-5-16(13-18)21(26)24-9-11-25(12-10-24)22-23-19-8-7-17(29-3)14-20(19)30-22/h4-8,13-15H,9-12H2,1-3H3. The predicted molar refractivity (Wildman–Crippen MR) is 128 cm³/mol. The molecule has 1 saturated heterocycles. The van der Waals surface area contributed by atoms with E-state index in [-0.39, 0.29) is 10.8 Å². The molecule has 0 radical (unpaired) electrons. The largest absolute Gasteiger partial charge is 0.345 e. The van der Waals surface area contributed by atoms with E-state index < -0.39 is 15.1 Å². The molecule has 164 valence electrons. The van der Waals surface area contributed by atoms with Crippen LogP contribution < -0.4 is 4.90 Å². The molecule has 1 aliphatic rings. The summed E-state index contributed by atoms with van der Waals surface area (Å²) in [4.78, 5) is 23.2. The molecule has 2 heterocycles. The highest BCUT2D eigenvalue weighted by Gasteiger charge is 2.26. The first-order chi connectivity index (χ1) is 14.8. The van der Waals surface area contributed by atoms with Gasteiger partial charge in [-0.1, -0.05) is 17.4 Å². The van der Waals surface area contributed by atoms with Crippen molar-refractivity contribution in [1.29, 1.82) is 0 Å². The number of benzene rings is 2. The zero-order valence-corrected chi connectivity index (χ0v) is 20.2. The lowest BCUT2D eigenvalue weighted by molar-refractivity contribution is 0.0746. The molecule has 1 fully saturated rings. The number of hydrogen-bond donors (Lipinski definition) is 0. The molecule has 0 N–H and O–H groups in total. The Bertz CT molecular complexity index is 1210. The topological polar surface area (TPSA) is 70.6 Å². The summed E-state index contributed by atoms with van der Waals surface area (Å²) in [6, 6.07) is 12.7. The summed E-state index contributed by atoms with van der Waals surface area (Å²) in [5.74, 6) is -0.130. The number of fused-ring (bicyclic) bond motifs is 1. The lowest BCUT2D eigenvalue weighted by Crippen LogP contribution is -2.48. The molecule has 31 heavy (non-hydrogen) atoms. The van der Waals surface area contributed by atoms with Crippen molar-refractivity contribution in [3.63, 3.8) is 0 Å². The van der Waals surface area contributed by atoms with Gasteiger partial charge in [-0.15, -0.1) is 11.8 Å². The number of nitrogens with zero attached hydrogens (tertiary/aromatic N) is 3. The number of thiazole rings is 1. The maximum Gasteiger partial charge on any atom is 0.254 e. The van der Waals surface area contributed by atoms with Crippen LogP contribution >= 0.6 is 23.1 Å². The van der Waals surface area contributed by atoms with E-state index in [9.17, 15) is 13.2 Å². The fourth-order valence-corrected chi connectivity index (χ4v) is 6.19. The zero-order chi connectivity index (χ0) is 22.2. The average molecular weight is 476 g/mol. The number of aromatic nitrogens is 1. The van der Waals surface area contributed by atoms with Crippen molar-refractivity contribution in [3.8, 4) is 0 Å². The minimum Gasteiger partial charge on any atom is -0.345 e. The number of rotatable bonds is 5. The first-order valence-electron chi connectivity index (χ1n) is 10.1. The molecule has 0 atom stereocenters. The molecule has 1 amide bonds. The van der Waals surface area contributed by atoms with Crippen LogP contribution in [0.4, 0.5) is 5.13 Å². The van der Waals surface area contributed by atoms with Gasteiger partial charge in [-0.05, 0) is 56.5 Å². The van der Waals surface area contributed by atoms with Crippen molar-refractivity contribution in [3.05, 3.63) is 48.0 Å². The number of thioether (sulfide) groups is 1. The smallest absolute Gasteiger partial charge is 0.254 e. The van der Waals surface area contributed by atoms with E-state index in [2.05, 4.69) is 29.4 Å². The SMILES string of the molecule is CSc1ccc2nc(N3CCN(C(=O)c4cccc(S(=O)(=O)C(C)C)c4)CC3)sc2c1.